The van der Waals surface area contributed by atoms with Crippen LogP contribution in [0.4, 0.5) is 0 Å². The molecule has 154 valence electrons. The third-order valence-corrected chi connectivity index (χ3v) is 4.41. The number of hydrogen-bond donors (Lipinski definition) is 2. The monoisotopic (exact) mass is 408 g/mol. The van der Waals surface area contributed by atoms with Gasteiger partial charge in [-0.3, -0.25) is 4.79 Å². The van der Waals surface area contributed by atoms with Crippen LogP contribution in [0, 0.1) is 0 Å². The molecule has 0 bridgehead atoms. The highest BCUT2D eigenvalue weighted by atomic mass is 16.5. The molecule has 1 aliphatic carbocycles. The van der Waals surface area contributed by atoms with E-state index >= 15 is 0 Å². The summed E-state index contributed by atoms with van der Waals surface area (Å²) in [6.07, 6.45) is 4.93. The molecule has 30 heavy (non-hydrogen) atoms. The third kappa shape index (κ3) is 5.81. The summed E-state index contributed by atoms with van der Waals surface area (Å²) in [5, 5.41) is 17.3. The minimum atomic E-state index is -1.04. The molecule has 7 nitrogen and oxygen atoms in total. The molecule has 3 rings (SSSR count). The maximum absolute atomic E-state index is 12.7. The van der Waals surface area contributed by atoms with E-state index in [0.29, 0.717) is 35.5 Å². The van der Waals surface area contributed by atoms with Crippen LogP contribution in [0.15, 0.2) is 59.7 Å². The van der Waals surface area contributed by atoms with Crippen molar-refractivity contribution in [2.45, 2.75) is 12.8 Å². The van der Waals surface area contributed by atoms with Gasteiger partial charge in [-0.25, -0.2) is 9.59 Å². The molecule has 1 saturated carbocycles. The van der Waals surface area contributed by atoms with Gasteiger partial charge >= 0.3 is 11.9 Å². The van der Waals surface area contributed by atoms with Crippen LogP contribution in [0.1, 0.15) is 24.0 Å². The minimum absolute atomic E-state index is 0.00703. The quantitative estimate of drug-likeness (QED) is 0.644. The summed E-state index contributed by atoms with van der Waals surface area (Å²) in [4.78, 5) is 33.8. The fourth-order valence-corrected chi connectivity index (χ4v) is 2.99. The van der Waals surface area contributed by atoms with E-state index in [-0.39, 0.29) is 5.78 Å². The molecule has 0 spiro atoms. The Balaban J connectivity index is 1.65. The molecule has 0 radical (unpaired) electrons. The van der Waals surface area contributed by atoms with Gasteiger partial charge in [0, 0.05) is 11.1 Å². The number of carbonyl (C=O) groups excluding carboxylic acids is 1. The number of rotatable bonds is 8. The highest BCUT2D eigenvalue weighted by Crippen LogP contribution is 2.30. The number of carbonyl (C=O) groups is 3. The second-order valence-electron chi connectivity index (χ2n) is 6.67. The molecule has 0 unspecified atom stereocenters. The molecular weight excluding hydrogens is 388 g/mol. The van der Waals surface area contributed by atoms with Crippen molar-refractivity contribution in [2.75, 3.05) is 13.2 Å². The van der Waals surface area contributed by atoms with Gasteiger partial charge in [0.2, 0.25) is 0 Å². The Kier molecular flexibility index (Phi) is 6.64. The Labute approximate surface area is 172 Å². The summed E-state index contributed by atoms with van der Waals surface area (Å²) in [7, 11) is 0. The summed E-state index contributed by atoms with van der Waals surface area (Å²) in [6.45, 7) is -0.806. The molecule has 0 saturated heterocycles. The summed E-state index contributed by atoms with van der Waals surface area (Å²) < 4.78 is 10.2. The van der Waals surface area contributed by atoms with Gasteiger partial charge in [-0.2, -0.15) is 0 Å². The molecule has 2 aromatic carbocycles. The second-order valence-corrected chi connectivity index (χ2v) is 6.67. The van der Waals surface area contributed by atoms with Crippen molar-refractivity contribution in [1.82, 2.24) is 0 Å². The maximum atomic E-state index is 12.7. The van der Waals surface area contributed by atoms with Gasteiger partial charge in [-0.05, 0) is 60.4 Å². The first-order valence-corrected chi connectivity index (χ1v) is 9.26. The number of Topliss-reactive ketones (excluding diaryl/α,β-unsaturated/α-hetero) is 1. The van der Waals surface area contributed by atoms with Crippen LogP contribution in [0.3, 0.4) is 0 Å². The van der Waals surface area contributed by atoms with Crippen molar-refractivity contribution in [3.63, 3.8) is 0 Å². The Morgan fingerprint density at radius 2 is 1.10 bits per heavy atom. The third-order valence-electron chi connectivity index (χ3n) is 4.41. The van der Waals surface area contributed by atoms with E-state index in [2.05, 4.69) is 0 Å². The molecule has 0 heterocycles. The zero-order valence-electron chi connectivity index (χ0n) is 16.0. The lowest BCUT2D eigenvalue weighted by Crippen LogP contribution is -2.09. The topological polar surface area (TPSA) is 110 Å². The first-order valence-electron chi connectivity index (χ1n) is 9.26. The predicted octanol–water partition coefficient (Wildman–Crippen LogP) is 3.44. The van der Waals surface area contributed by atoms with E-state index < -0.39 is 25.2 Å². The van der Waals surface area contributed by atoms with E-state index in [1.165, 1.54) is 0 Å². The molecule has 1 fully saturated rings. The normalized spacial score (nSPS) is 16.1. The fourth-order valence-electron chi connectivity index (χ4n) is 2.99. The van der Waals surface area contributed by atoms with Crippen LogP contribution < -0.4 is 9.47 Å². The van der Waals surface area contributed by atoms with Crippen molar-refractivity contribution in [2.24, 2.45) is 0 Å². The summed E-state index contributed by atoms with van der Waals surface area (Å²) in [5.74, 6) is -1.19. The number of benzene rings is 2. The Morgan fingerprint density at radius 3 is 1.43 bits per heavy atom. The lowest BCUT2D eigenvalue weighted by atomic mass is 10.1. The van der Waals surface area contributed by atoms with E-state index in [0.717, 1.165) is 11.1 Å². The largest absolute Gasteiger partial charge is 0.482 e. The van der Waals surface area contributed by atoms with Crippen molar-refractivity contribution >= 4 is 29.9 Å². The smallest absolute Gasteiger partial charge is 0.341 e. The standard InChI is InChI=1S/C23H20O7/c24-21(25)13-29-19-7-1-15(2-8-19)11-17-5-6-18(23(17)28)12-16-3-9-20(10-4-16)30-14-22(26)27/h1-4,7-12H,5-6,13-14H2,(H,24,25)(H,26,27)/b17-11+,18-12+. The number of ether oxygens (including phenoxy) is 2. The average molecular weight is 408 g/mol. The summed E-state index contributed by atoms with van der Waals surface area (Å²) >= 11 is 0. The van der Waals surface area contributed by atoms with Crippen molar-refractivity contribution < 1.29 is 34.1 Å². The first kappa shape index (κ1) is 20.9. The number of ketones is 1. The number of allylic oxidation sites excluding steroid dienone is 2. The van der Waals surface area contributed by atoms with Gasteiger partial charge < -0.3 is 19.7 Å². The lowest BCUT2D eigenvalue weighted by Gasteiger charge is -2.04. The Hall–Kier alpha value is -3.87. The molecule has 2 N–H and O–H groups in total. The highest BCUT2D eigenvalue weighted by Gasteiger charge is 2.22. The van der Waals surface area contributed by atoms with Crippen LogP contribution in [-0.4, -0.2) is 41.1 Å². The van der Waals surface area contributed by atoms with E-state index in [9.17, 15) is 14.4 Å². The van der Waals surface area contributed by atoms with Gasteiger partial charge in [0.15, 0.2) is 19.0 Å². The van der Waals surface area contributed by atoms with Gasteiger partial charge in [0.05, 0.1) is 0 Å². The van der Waals surface area contributed by atoms with E-state index in [1.807, 2.05) is 12.2 Å². The first-order chi connectivity index (χ1) is 14.4. The molecule has 0 aromatic heterocycles. The van der Waals surface area contributed by atoms with Gasteiger partial charge in [0.1, 0.15) is 11.5 Å². The Bertz CT molecular complexity index is 917. The molecule has 1 aliphatic rings. The minimum Gasteiger partial charge on any atom is -0.482 e. The van der Waals surface area contributed by atoms with Crippen molar-refractivity contribution in [3.05, 3.63) is 70.8 Å². The summed E-state index contributed by atoms with van der Waals surface area (Å²) in [6, 6.07) is 13.8. The van der Waals surface area contributed by atoms with Crippen molar-refractivity contribution in [1.29, 1.82) is 0 Å². The zero-order valence-corrected chi connectivity index (χ0v) is 16.0. The van der Waals surface area contributed by atoms with Crippen molar-refractivity contribution in [3.8, 4) is 11.5 Å². The van der Waals surface area contributed by atoms with Gasteiger partial charge in [-0.1, -0.05) is 24.3 Å². The average Bonchev–Trinajstić information content (AvgIpc) is 3.06. The lowest BCUT2D eigenvalue weighted by molar-refractivity contribution is -0.140. The van der Waals surface area contributed by atoms with Crippen LogP contribution in [0.25, 0.3) is 12.2 Å². The number of hydrogen-bond acceptors (Lipinski definition) is 5. The zero-order chi connectivity index (χ0) is 21.5. The molecule has 0 atom stereocenters. The number of aliphatic carboxylic acids is 2. The van der Waals surface area contributed by atoms with Crippen LogP contribution in [0.2, 0.25) is 0 Å². The molecule has 2 aromatic rings. The molecule has 0 aliphatic heterocycles. The van der Waals surface area contributed by atoms with Crippen LogP contribution >= 0.6 is 0 Å². The fraction of sp³-hybridized carbons (Fsp3) is 0.174. The van der Waals surface area contributed by atoms with Crippen LogP contribution in [-0.2, 0) is 14.4 Å². The van der Waals surface area contributed by atoms with Crippen LogP contribution in [0.5, 0.6) is 11.5 Å². The molecule has 7 heteroatoms. The maximum Gasteiger partial charge on any atom is 0.341 e. The summed E-state index contributed by atoms with van der Waals surface area (Å²) in [5.41, 5.74) is 3.09. The molecule has 0 amide bonds. The molecular formula is C23H20O7. The Morgan fingerprint density at radius 1 is 0.733 bits per heavy atom. The SMILES string of the molecule is O=C(O)COc1ccc(/C=C2\CC/C(=C\c3ccc(OCC(=O)O)cc3)C2=O)cc1. The number of carboxylic acids is 2. The number of carboxylic acid groups (broad SMARTS) is 2. The second kappa shape index (κ2) is 9.56. The highest BCUT2D eigenvalue weighted by molar-refractivity contribution is 6.15. The van der Waals surface area contributed by atoms with E-state index in [4.69, 9.17) is 19.7 Å². The van der Waals surface area contributed by atoms with E-state index in [1.54, 1.807) is 48.5 Å². The predicted molar refractivity (Wildman–Crippen MR) is 109 cm³/mol. The van der Waals surface area contributed by atoms with Gasteiger partial charge in [-0.15, -0.1) is 0 Å². The van der Waals surface area contributed by atoms with Gasteiger partial charge in [0.25, 0.3) is 0 Å².